The van der Waals surface area contributed by atoms with Gasteiger partial charge in [-0.15, -0.1) is 0 Å². The van der Waals surface area contributed by atoms with Crippen LogP contribution in [0.1, 0.15) is 105 Å². The molecule has 2 fully saturated rings. The minimum Gasteiger partial charge on any atom is -0.507 e. The number of nitriles is 2. The van der Waals surface area contributed by atoms with Gasteiger partial charge in [0, 0.05) is 59.9 Å². The maximum Gasteiger partial charge on any atom is 0.411 e. The molecule has 27 heteroatoms. The van der Waals surface area contributed by atoms with Gasteiger partial charge in [0.15, 0.2) is 52.8 Å². The molecule has 0 spiro atoms. The number of carbonyl (C=O) groups is 5. The lowest BCUT2D eigenvalue weighted by atomic mass is 9.70. The van der Waals surface area contributed by atoms with E-state index in [1.54, 1.807) is 41.9 Å². The maximum absolute atomic E-state index is 14.0. The first-order valence-corrected chi connectivity index (χ1v) is 31.2. The van der Waals surface area contributed by atoms with Crippen LogP contribution < -0.4 is 42.6 Å². The summed E-state index contributed by atoms with van der Waals surface area (Å²) in [4.78, 5) is 72.4. The predicted octanol–water partition coefficient (Wildman–Crippen LogP) is 8.09. The van der Waals surface area contributed by atoms with Crippen LogP contribution in [0.3, 0.4) is 0 Å². The smallest absolute Gasteiger partial charge is 0.411 e. The summed E-state index contributed by atoms with van der Waals surface area (Å²) < 4.78 is 80.8. The maximum atomic E-state index is 14.0. The van der Waals surface area contributed by atoms with Crippen LogP contribution in [0.4, 0.5) is 9.59 Å². The average Bonchev–Trinajstić information content (AvgIpc) is 1.23. The van der Waals surface area contributed by atoms with Gasteiger partial charge in [-0.1, -0.05) is 62.8 Å². The topological polar surface area (TPSA) is 316 Å². The second kappa shape index (κ2) is 29.4. The molecule has 2 N–H and O–H groups in total. The van der Waals surface area contributed by atoms with Crippen molar-refractivity contribution in [3.63, 3.8) is 0 Å². The molecule has 0 aliphatic carbocycles. The number of hydrogen-bond donors (Lipinski definition) is 2. The van der Waals surface area contributed by atoms with Crippen molar-refractivity contribution in [3.8, 4) is 69.6 Å². The van der Waals surface area contributed by atoms with Crippen molar-refractivity contribution in [2.75, 3.05) is 81.3 Å². The van der Waals surface area contributed by atoms with Crippen LogP contribution >= 0.6 is 0 Å². The Hall–Kier alpha value is -10.2. The number of phenols is 1. The van der Waals surface area contributed by atoms with Crippen LogP contribution in [0.5, 0.6) is 57.5 Å². The van der Waals surface area contributed by atoms with Crippen molar-refractivity contribution in [1.29, 1.82) is 10.5 Å². The first-order valence-electron chi connectivity index (χ1n) is 31.2. The van der Waals surface area contributed by atoms with E-state index in [2.05, 4.69) is 38.5 Å². The number of amides is 2. The zero-order valence-electron chi connectivity index (χ0n) is 55.4. The minimum absolute atomic E-state index is 0.0759. The molecule has 7 aliphatic rings. The second-order valence-electron chi connectivity index (χ2n) is 23.7. The quantitative estimate of drug-likeness (QED) is 0.0247. The molecule has 2 saturated heterocycles. The Morgan fingerprint density at radius 1 is 0.649 bits per heavy atom. The van der Waals surface area contributed by atoms with Crippen molar-refractivity contribution in [2.24, 2.45) is 0 Å². The van der Waals surface area contributed by atoms with Crippen LogP contribution in [0, 0.1) is 50.4 Å². The van der Waals surface area contributed by atoms with E-state index in [-0.39, 0.29) is 89.9 Å². The van der Waals surface area contributed by atoms with Crippen molar-refractivity contribution in [1.82, 2.24) is 19.6 Å². The summed E-state index contributed by atoms with van der Waals surface area (Å²) in [6, 6.07) is 0.346. The lowest BCUT2D eigenvalue weighted by Crippen LogP contribution is -2.71. The highest BCUT2D eigenvalue weighted by Gasteiger charge is 2.63. The predicted molar refractivity (Wildman–Crippen MR) is 343 cm³/mol. The lowest BCUT2D eigenvalue weighted by Gasteiger charge is -2.60. The highest BCUT2D eigenvalue weighted by molar-refractivity contribution is 5.77. The number of aliphatic hydroxyl groups excluding tert-OH is 1. The van der Waals surface area contributed by atoms with Crippen LogP contribution in [-0.2, 0) is 50.9 Å². The monoisotopic (exact) mass is 1340 g/mol. The van der Waals surface area contributed by atoms with Crippen LogP contribution in [-0.4, -0.2) is 178 Å². The number of ether oxygens (including phenoxy) is 14. The highest BCUT2D eigenvalue weighted by Crippen LogP contribution is 2.62. The summed E-state index contributed by atoms with van der Waals surface area (Å²) >= 11 is 0. The molecule has 97 heavy (non-hydrogen) atoms. The van der Waals surface area contributed by atoms with E-state index in [4.69, 9.17) is 66.3 Å². The molecule has 0 saturated carbocycles. The van der Waals surface area contributed by atoms with Gasteiger partial charge in [0.05, 0.1) is 74.7 Å². The van der Waals surface area contributed by atoms with Crippen molar-refractivity contribution < 1.29 is 101 Å². The second-order valence-corrected chi connectivity index (χ2v) is 23.7. The number of benzene rings is 4. The fourth-order valence-electron chi connectivity index (χ4n) is 14.8. The molecular weight excluding hydrogens is 1260 g/mol. The summed E-state index contributed by atoms with van der Waals surface area (Å²) in [6.07, 6.45) is 4.16. The molecule has 0 unspecified atom stereocenters. The Balaban J connectivity index is 0.000000211. The molecule has 0 aromatic heterocycles. The van der Waals surface area contributed by atoms with E-state index < -0.39 is 90.6 Å². The highest BCUT2D eigenvalue weighted by atomic mass is 16.7. The number of methoxy groups -OCH3 is 3. The molecular formula is C70H78N6O21. The Kier molecular flexibility index (Phi) is 21.1. The average molecular weight is 1340 g/mol. The number of fused-ring (bicyclic) bond motifs is 14. The molecule has 11 atom stereocenters. The molecule has 4 aromatic rings. The van der Waals surface area contributed by atoms with Crippen LogP contribution in [0.15, 0.2) is 68.8 Å². The normalized spacial score (nSPS) is 22.8. The molecule has 4 bridgehead atoms. The third-order valence-electron chi connectivity index (χ3n) is 18.4. The van der Waals surface area contributed by atoms with E-state index in [1.165, 1.54) is 57.1 Å². The molecule has 7 heterocycles. The van der Waals surface area contributed by atoms with E-state index in [0.29, 0.717) is 85.7 Å². The fourth-order valence-corrected chi connectivity index (χ4v) is 14.8. The van der Waals surface area contributed by atoms with Crippen LogP contribution in [0.2, 0.25) is 0 Å². The molecule has 2 amide bonds. The van der Waals surface area contributed by atoms with Gasteiger partial charge >= 0.3 is 24.1 Å². The van der Waals surface area contributed by atoms with E-state index >= 15 is 0 Å². The number of aliphatic hydroxyl groups is 1. The third-order valence-corrected chi connectivity index (χ3v) is 18.4. The Morgan fingerprint density at radius 3 is 1.68 bits per heavy atom. The number of piperazine rings is 2. The van der Waals surface area contributed by atoms with Gasteiger partial charge in [-0.05, 0) is 68.9 Å². The molecule has 0 radical (unpaired) electrons. The largest absolute Gasteiger partial charge is 0.507 e. The summed E-state index contributed by atoms with van der Waals surface area (Å²) in [6.45, 7) is 23.8. The zero-order chi connectivity index (χ0) is 69.8. The number of aryl methyl sites for hydroxylation is 2. The fraction of sp³-hybridized carbons (Fsp3) is 0.443. The van der Waals surface area contributed by atoms with E-state index in [9.17, 15) is 44.7 Å². The van der Waals surface area contributed by atoms with Gasteiger partial charge in [0.2, 0.25) is 13.6 Å². The number of hydrogen-bond acceptors (Lipinski definition) is 25. The molecule has 514 valence electrons. The summed E-state index contributed by atoms with van der Waals surface area (Å²) in [7, 11) is 4.50. The van der Waals surface area contributed by atoms with E-state index in [0.717, 1.165) is 22.3 Å². The SMILES string of the molecule is C=CCOC(=O)N1[C@@H]2c3c(cc(C)c(OC)c3OCC=C)C[C@H]1[C@H](C#N)N([C@@H](COC(C)=O)c1cc(OCOC)c(C)c3c1OCO3)[C@H]2C=O.C=CCOC(=O)N1[C@@H]2c3c(cc(C)c(OC)c3OCC=C)C[C@H]1[C@H](C#N)N1[C@H]2[C@@H](O)c2c(O)c(C)c3c(c2[C@@H]1COC(C)=O)OCO3. The first-order chi connectivity index (χ1) is 46.8. The number of nitrogens with zero attached hydrogens (tertiary/aromatic N) is 6. The standard InChI is InChI=1S/C36H41N3O11.C34H37N3O10/c1-8-10-45-35-30-23(12-20(3)32(35)44-7)13-25-26(15-37)38(27(16-40)31(30)39(25)36(42)46-11-9-2)28(17-47-22(5)41)24-14-29(48-18-43-6)21(4)33-34(24)50-19-49-33;1-7-9-43-32-23-19(11-16(3)30(32)42-6)12-20-21(13-35)36-22(14-45-18(5)38)24-25(28(39)17(4)31-33(24)47-15-46-31)29(40)27(36)26(23)37(20)34(41)44-10-8-2/h8-9,12,14,16,25-28,31H,1-2,10-11,13,17-19H2,3-7H3;7-8,11,20-22,26-27,29,39-40H,1-2,9-10,12,14-15H2,3-6H3/t25-,26-,27-,28-,31-;20-,21-,22-,26+,27+,29-/m00/s1. The molecule has 7 aliphatic heterocycles. The minimum atomic E-state index is -1.49. The molecule has 11 rings (SSSR count). The first kappa shape index (κ1) is 69.6. The third kappa shape index (κ3) is 12.3. The van der Waals surface area contributed by atoms with E-state index in [1.807, 2.05) is 26.0 Å². The molecule has 27 nitrogen and oxygen atoms in total. The van der Waals surface area contributed by atoms with Crippen LogP contribution in [0.25, 0.3) is 0 Å². The number of phenolic OH excluding ortho intramolecular Hbond substituents is 1. The van der Waals surface area contributed by atoms with Crippen molar-refractivity contribution in [2.45, 2.75) is 121 Å². The van der Waals surface area contributed by atoms with Gasteiger partial charge in [0.1, 0.15) is 75.6 Å². The summed E-state index contributed by atoms with van der Waals surface area (Å²) in [5, 5.41) is 45.9. The zero-order valence-corrected chi connectivity index (χ0v) is 55.4. The number of aldehydes is 1. The number of rotatable bonds is 22. The van der Waals surface area contributed by atoms with Crippen molar-refractivity contribution in [3.05, 3.63) is 130 Å². The Bertz CT molecular complexity index is 3900. The summed E-state index contributed by atoms with van der Waals surface area (Å²) in [5.41, 5.74) is 6.08. The lowest BCUT2D eigenvalue weighted by molar-refractivity contribution is -0.152. The van der Waals surface area contributed by atoms with Gasteiger partial charge < -0.3 is 81.3 Å². The number of carbonyl (C=O) groups excluding carboxylic acids is 5. The number of aromatic hydroxyl groups is 1. The Morgan fingerprint density at radius 2 is 1.16 bits per heavy atom. The van der Waals surface area contributed by atoms with Crippen molar-refractivity contribution >= 4 is 30.4 Å². The van der Waals surface area contributed by atoms with Gasteiger partial charge in [-0.25, -0.2) is 9.59 Å². The van der Waals surface area contributed by atoms with Gasteiger partial charge in [-0.3, -0.25) is 29.2 Å². The van der Waals surface area contributed by atoms with Gasteiger partial charge in [-0.2, -0.15) is 10.5 Å². The number of esters is 2. The molecule has 4 aromatic carbocycles. The summed E-state index contributed by atoms with van der Waals surface area (Å²) in [5.74, 6) is 1.86. The Labute approximate surface area is 560 Å². The van der Waals surface area contributed by atoms with Gasteiger partial charge in [0.25, 0.3) is 0 Å².